The van der Waals surface area contributed by atoms with Gasteiger partial charge in [-0.05, 0) is 48.8 Å². The maximum atomic E-state index is 12.6. The summed E-state index contributed by atoms with van der Waals surface area (Å²) in [5.74, 6) is 0.502. The van der Waals surface area contributed by atoms with E-state index < -0.39 is 0 Å². The van der Waals surface area contributed by atoms with Crippen LogP contribution in [-0.4, -0.2) is 11.9 Å². The van der Waals surface area contributed by atoms with Gasteiger partial charge in [-0.1, -0.05) is 32.9 Å². The van der Waals surface area contributed by atoms with Gasteiger partial charge in [-0.25, -0.2) is 0 Å². The van der Waals surface area contributed by atoms with Gasteiger partial charge in [0.25, 0.3) is 0 Å². The summed E-state index contributed by atoms with van der Waals surface area (Å²) in [5.41, 5.74) is 8.13. The first-order chi connectivity index (χ1) is 9.32. The minimum absolute atomic E-state index is 0.0258. The zero-order valence-corrected chi connectivity index (χ0v) is 12.9. The van der Waals surface area contributed by atoms with Crippen LogP contribution in [0.3, 0.4) is 0 Å². The first-order valence-corrected chi connectivity index (χ1v) is 7.45. The van der Waals surface area contributed by atoms with Gasteiger partial charge < -0.3 is 11.1 Å². The Labute approximate surface area is 121 Å². The Morgan fingerprint density at radius 2 is 2.05 bits per heavy atom. The Hall–Kier alpha value is -1.35. The zero-order valence-electron chi connectivity index (χ0n) is 12.9. The Kier molecular flexibility index (Phi) is 4.19. The monoisotopic (exact) mass is 274 g/mol. The van der Waals surface area contributed by atoms with E-state index in [1.807, 2.05) is 31.2 Å². The molecule has 1 saturated carbocycles. The Balaban J connectivity index is 2.13. The molecule has 0 spiro atoms. The molecular weight excluding hydrogens is 248 g/mol. The van der Waals surface area contributed by atoms with Crippen molar-refractivity contribution in [1.29, 1.82) is 0 Å². The van der Waals surface area contributed by atoms with Crippen molar-refractivity contribution in [3.63, 3.8) is 0 Å². The van der Waals surface area contributed by atoms with E-state index in [0.717, 1.165) is 24.1 Å². The molecule has 3 N–H and O–H groups in total. The number of carbonyl (C=O) groups excluding carboxylic acids is 1. The third kappa shape index (κ3) is 2.88. The second kappa shape index (κ2) is 5.57. The van der Waals surface area contributed by atoms with Crippen LogP contribution in [0.15, 0.2) is 24.3 Å². The molecule has 20 heavy (non-hydrogen) atoms. The maximum absolute atomic E-state index is 12.6. The lowest BCUT2D eigenvalue weighted by Crippen LogP contribution is -2.50. The standard InChI is InChI=1S/C17H26N2O/c1-11-6-5-7-13(10-11)19-16(20)14-8-9-15(18)12(2)17(14,3)4/h5-7,10,12,14-15H,8-9,18H2,1-4H3,(H,19,20). The first-order valence-electron chi connectivity index (χ1n) is 7.45. The predicted molar refractivity (Wildman–Crippen MR) is 83.5 cm³/mol. The number of nitrogens with one attached hydrogen (secondary N) is 1. The molecule has 3 atom stereocenters. The molecule has 3 unspecified atom stereocenters. The highest BCUT2D eigenvalue weighted by molar-refractivity contribution is 5.93. The molecule has 1 aromatic rings. The summed E-state index contributed by atoms with van der Waals surface area (Å²) in [7, 11) is 0. The van der Waals surface area contributed by atoms with E-state index in [-0.39, 0.29) is 23.3 Å². The molecule has 1 aliphatic carbocycles. The van der Waals surface area contributed by atoms with Crippen molar-refractivity contribution in [2.75, 3.05) is 5.32 Å². The van der Waals surface area contributed by atoms with Gasteiger partial charge in [0, 0.05) is 17.6 Å². The number of hydrogen-bond donors (Lipinski definition) is 2. The normalized spacial score (nSPS) is 28.9. The van der Waals surface area contributed by atoms with Gasteiger partial charge in [0.15, 0.2) is 0 Å². The number of anilines is 1. The topological polar surface area (TPSA) is 55.1 Å². The van der Waals surface area contributed by atoms with Crippen LogP contribution in [0.5, 0.6) is 0 Å². The van der Waals surface area contributed by atoms with Gasteiger partial charge in [0.2, 0.25) is 5.91 Å². The van der Waals surface area contributed by atoms with Crippen molar-refractivity contribution in [2.24, 2.45) is 23.0 Å². The molecule has 1 aliphatic rings. The minimum Gasteiger partial charge on any atom is -0.327 e. The van der Waals surface area contributed by atoms with Crippen LogP contribution in [0.2, 0.25) is 0 Å². The highest BCUT2D eigenvalue weighted by Crippen LogP contribution is 2.44. The second-order valence-corrected chi connectivity index (χ2v) is 6.76. The van der Waals surface area contributed by atoms with Crippen LogP contribution in [-0.2, 0) is 4.79 Å². The molecule has 1 fully saturated rings. The van der Waals surface area contributed by atoms with E-state index in [2.05, 4.69) is 26.1 Å². The van der Waals surface area contributed by atoms with Crippen LogP contribution in [0.1, 0.15) is 39.2 Å². The quantitative estimate of drug-likeness (QED) is 0.869. The van der Waals surface area contributed by atoms with Crippen LogP contribution in [0.4, 0.5) is 5.69 Å². The van der Waals surface area contributed by atoms with Gasteiger partial charge >= 0.3 is 0 Å². The molecule has 3 nitrogen and oxygen atoms in total. The lowest BCUT2D eigenvalue weighted by atomic mass is 9.61. The zero-order chi connectivity index (χ0) is 14.9. The van der Waals surface area contributed by atoms with Gasteiger partial charge in [-0.3, -0.25) is 4.79 Å². The highest BCUT2D eigenvalue weighted by Gasteiger charge is 2.44. The largest absolute Gasteiger partial charge is 0.327 e. The number of benzene rings is 1. The lowest BCUT2D eigenvalue weighted by Gasteiger charge is -2.46. The fraction of sp³-hybridized carbons (Fsp3) is 0.588. The molecule has 3 heteroatoms. The van der Waals surface area contributed by atoms with Gasteiger partial charge in [-0.2, -0.15) is 0 Å². The van der Waals surface area contributed by atoms with Crippen LogP contribution in [0.25, 0.3) is 0 Å². The molecule has 0 bridgehead atoms. The van der Waals surface area contributed by atoms with Crippen molar-refractivity contribution in [2.45, 2.75) is 46.6 Å². The fourth-order valence-corrected chi connectivity index (χ4v) is 3.27. The van der Waals surface area contributed by atoms with Crippen molar-refractivity contribution < 1.29 is 4.79 Å². The molecule has 110 valence electrons. The number of hydrogen-bond acceptors (Lipinski definition) is 2. The summed E-state index contributed by atoms with van der Waals surface area (Å²) in [5, 5.41) is 3.06. The molecule has 1 amide bonds. The van der Waals surface area contributed by atoms with Gasteiger partial charge in [0.05, 0.1) is 0 Å². The lowest BCUT2D eigenvalue weighted by molar-refractivity contribution is -0.127. The highest BCUT2D eigenvalue weighted by atomic mass is 16.1. The van der Waals surface area contributed by atoms with Crippen molar-refractivity contribution in [1.82, 2.24) is 0 Å². The third-order valence-corrected chi connectivity index (χ3v) is 5.10. The van der Waals surface area contributed by atoms with E-state index in [1.165, 1.54) is 0 Å². The van der Waals surface area contributed by atoms with E-state index in [9.17, 15) is 4.79 Å². The molecule has 1 aromatic carbocycles. The smallest absolute Gasteiger partial charge is 0.228 e. The average molecular weight is 274 g/mol. The number of nitrogens with two attached hydrogens (primary N) is 1. The Morgan fingerprint density at radius 3 is 2.70 bits per heavy atom. The average Bonchev–Trinajstić information content (AvgIpc) is 2.36. The summed E-state index contributed by atoms with van der Waals surface area (Å²) >= 11 is 0. The number of aryl methyl sites for hydroxylation is 1. The van der Waals surface area contributed by atoms with Crippen molar-refractivity contribution in [3.8, 4) is 0 Å². The molecular formula is C17H26N2O. The Morgan fingerprint density at radius 1 is 1.35 bits per heavy atom. The van der Waals surface area contributed by atoms with E-state index in [0.29, 0.717) is 5.92 Å². The summed E-state index contributed by atoms with van der Waals surface area (Å²) < 4.78 is 0. The van der Waals surface area contributed by atoms with Gasteiger partial charge in [0.1, 0.15) is 0 Å². The maximum Gasteiger partial charge on any atom is 0.228 e. The van der Waals surface area contributed by atoms with Crippen molar-refractivity contribution in [3.05, 3.63) is 29.8 Å². The number of rotatable bonds is 2. The van der Waals surface area contributed by atoms with Crippen LogP contribution >= 0.6 is 0 Å². The second-order valence-electron chi connectivity index (χ2n) is 6.76. The third-order valence-electron chi connectivity index (χ3n) is 5.10. The van der Waals surface area contributed by atoms with Crippen LogP contribution in [0, 0.1) is 24.2 Å². The van der Waals surface area contributed by atoms with E-state index in [1.54, 1.807) is 0 Å². The summed E-state index contributed by atoms with van der Waals surface area (Å²) in [6.45, 7) is 8.52. The molecule has 0 aliphatic heterocycles. The summed E-state index contributed by atoms with van der Waals surface area (Å²) in [4.78, 5) is 12.6. The number of carbonyl (C=O) groups is 1. The summed E-state index contributed by atoms with van der Waals surface area (Å²) in [6, 6.07) is 8.14. The first kappa shape index (κ1) is 15.0. The molecule has 2 rings (SSSR count). The molecule has 0 aromatic heterocycles. The molecule has 0 saturated heterocycles. The Bertz CT molecular complexity index is 496. The minimum atomic E-state index is -0.0639. The molecule has 0 heterocycles. The van der Waals surface area contributed by atoms with E-state index in [4.69, 9.17) is 5.73 Å². The SMILES string of the molecule is Cc1cccc(NC(=O)C2CCC(N)C(C)C2(C)C)c1. The van der Waals surface area contributed by atoms with Gasteiger partial charge in [-0.15, -0.1) is 0 Å². The van der Waals surface area contributed by atoms with Crippen LogP contribution < -0.4 is 11.1 Å². The summed E-state index contributed by atoms with van der Waals surface area (Å²) in [6.07, 6.45) is 1.80. The van der Waals surface area contributed by atoms with E-state index >= 15 is 0 Å². The van der Waals surface area contributed by atoms with Crippen molar-refractivity contribution >= 4 is 11.6 Å². The fourth-order valence-electron chi connectivity index (χ4n) is 3.27. The molecule has 0 radical (unpaired) electrons. The number of amides is 1. The predicted octanol–water partition coefficient (Wildman–Crippen LogP) is 3.33.